The van der Waals surface area contributed by atoms with Crippen molar-refractivity contribution in [2.75, 3.05) is 0 Å². The molecule has 0 atom stereocenters. The number of ether oxygens (including phenoxy) is 1. The van der Waals surface area contributed by atoms with Crippen molar-refractivity contribution in [3.05, 3.63) is 56.4 Å². The normalized spacial score (nSPS) is 10.2. The standard InChI is InChI=1S/C12H6BrFN2O5/c13-7-4-6(16(19)20)5-15-11(7)21-9-3-1-2-8(14)10(9)12(17)18/h1-5H,(H,17,18). The number of halogens is 2. The molecule has 0 unspecified atom stereocenters. The fourth-order valence-corrected chi connectivity index (χ4v) is 1.91. The van der Waals surface area contributed by atoms with E-state index >= 15 is 0 Å². The summed E-state index contributed by atoms with van der Waals surface area (Å²) in [6, 6.07) is 4.65. The molecule has 0 spiro atoms. The maximum absolute atomic E-state index is 13.5. The van der Waals surface area contributed by atoms with Gasteiger partial charge in [-0.1, -0.05) is 6.07 Å². The van der Waals surface area contributed by atoms with E-state index in [0.29, 0.717) is 0 Å². The lowest BCUT2D eigenvalue weighted by Gasteiger charge is -2.09. The van der Waals surface area contributed by atoms with Crippen LogP contribution in [0.4, 0.5) is 10.1 Å². The van der Waals surface area contributed by atoms with Crippen LogP contribution in [0.2, 0.25) is 0 Å². The van der Waals surface area contributed by atoms with Gasteiger partial charge in [0.05, 0.1) is 9.40 Å². The monoisotopic (exact) mass is 356 g/mol. The Bertz CT molecular complexity index is 738. The Kier molecular flexibility index (Phi) is 4.13. The summed E-state index contributed by atoms with van der Waals surface area (Å²) in [5, 5.41) is 19.6. The van der Waals surface area contributed by atoms with E-state index < -0.39 is 22.3 Å². The molecule has 0 aliphatic rings. The molecule has 1 heterocycles. The lowest BCUT2D eigenvalue weighted by atomic mass is 10.2. The zero-order chi connectivity index (χ0) is 15.6. The fourth-order valence-electron chi connectivity index (χ4n) is 1.49. The van der Waals surface area contributed by atoms with Gasteiger partial charge in [0.1, 0.15) is 23.3 Å². The maximum atomic E-state index is 13.5. The van der Waals surface area contributed by atoms with Crippen LogP contribution in [0.1, 0.15) is 10.4 Å². The van der Waals surface area contributed by atoms with E-state index in [2.05, 4.69) is 20.9 Å². The number of nitrogens with zero attached hydrogens (tertiary/aromatic N) is 2. The number of carboxylic acids is 1. The lowest BCUT2D eigenvalue weighted by Crippen LogP contribution is -2.04. The van der Waals surface area contributed by atoms with Crippen LogP contribution in [0.15, 0.2) is 34.9 Å². The van der Waals surface area contributed by atoms with Gasteiger partial charge in [0, 0.05) is 6.07 Å². The van der Waals surface area contributed by atoms with E-state index in [0.717, 1.165) is 18.3 Å². The number of carbonyl (C=O) groups is 1. The summed E-state index contributed by atoms with van der Waals surface area (Å²) in [6.07, 6.45) is 0.944. The Morgan fingerprint density at radius 1 is 1.48 bits per heavy atom. The number of aromatic nitrogens is 1. The third kappa shape index (κ3) is 3.14. The third-order valence-electron chi connectivity index (χ3n) is 2.40. The highest BCUT2D eigenvalue weighted by atomic mass is 79.9. The second-order valence-electron chi connectivity index (χ2n) is 3.76. The van der Waals surface area contributed by atoms with Crippen LogP contribution in [-0.4, -0.2) is 21.0 Å². The van der Waals surface area contributed by atoms with Crippen molar-refractivity contribution < 1.29 is 24.0 Å². The number of hydrogen-bond donors (Lipinski definition) is 1. The van der Waals surface area contributed by atoms with Crippen molar-refractivity contribution in [1.29, 1.82) is 0 Å². The summed E-state index contributed by atoms with van der Waals surface area (Å²) in [5.41, 5.74) is -0.920. The van der Waals surface area contributed by atoms with Crippen molar-refractivity contribution >= 4 is 27.6 Å². The molecular weight excluding hydrogens is 351 g/mol. The molecule has 1 aromatic carbocycles. The Morgan fingerprint density at radius 3 is 2.76 bits per heavy atom. The zero-order valence-corrected chi connectivity index (χ0v) is 11.7. The summed E-state index contributed by atoms with van der Waals surface area (Å²) >= 11 is 3.02. The van der Waals surface area contributed by atoms with Gasteiger partial charge in [0.15, 0.2) is 0 Å². The topological polar surface area (TPSA) is 103 Å². The molecule has 0 saturated heterocycles. The Balaban J connectivity index is 2.42. The van der Waals surface area contributed by atoms with Crippen LogP contribution < -0.4 is 4.74 Å². The molecular formula is C12H6BrFN2O5. The minimum atomic E-state index is -1.50. The van der Waals surface area contributed by atoms with Gasteiger partial charge in [-0.05, 0) is 28.1 Å². The van der Waals surface area contributed by atoms with Crippen molar-refractivity contribution in [3.63, 3.8) is 0 Å². The van der Waals surface area contributed by atoms with Gasteiger partial charge in [-0.2, -0.15) is 0 Å². The highest BCUT2D eigenvalue weighted by Crippen LogP contribution is 2.32. The molecule has 2 aromatic rings. The first-order valence-corrected chi connectivity index (χ1v) is 6.19. The predicted octanol–water partition coefficient (Wildman–Crippen LogP) is 3.38. The van der Waals surface area contributed by atoms with Crippen LogP contribution in [0.3, 0.4) is 0 Å². The largest absolute Gasteiger partial charge is 0.477 e. The molecule has 0 aliphatic carbocycles. The lowest BCUT2D eigenvalue weighted by molar-refractivity contribution is -0.385. The average molecular weight is 357 g/mol. The molecule has 0 aliphatic heterocycles. The average Bonchev–Trinajstić information content (AvgIpc) is 2.40. The van der Waals surface area contributed by atoms with Crippen molar-refractivity contribution in [2.45, 2.75) is 0 Å². The highest BCUT2D eigenvalue weighted by molar-refractivity contribution is 9.10. The molecule has 7 nitrogen and oxygen atoms in total. The molecule has 0 fully saturated rings. The molecule has 9 heteroatoms. The fraction of sp³-hybridized carbons (Fsp3) is 0. The number of pyridine rings is 1. The predicted molar refractivity (Wildman–Crippen MR) is 72.0 cm³/mol. The van der Waals surface area contributed by atoms with E-state index in [9.17, 15) is 19.3 Å². The van der Waals surface area contributed by atoms with Gasteiger partial charge in [0.25, 0.3) is 5.69 Å². The first kappa shape index (κ1) is 14.9. The highest BCUT2D eigenvalue weighted by Gasteiger charge is 2.19. The quantitative estimate of drug-likeness (QED) is 0.665. The summed E-state index contributed by atoms with van der Waals surface area (Å²) < 4.78 is 18.8. The first-order valence-electron chi connectivity index (χ1n) is 5.39. The molecule has 0 saturated carbocycles. The van der Waals surface area contributed by atoms with Gasteiger partial charge < -0.3 is 9.84 Å². The van der Waals surface area contributed by atoms with Crippen LogP contribution in [0.5, 0.6) is 11.6 Å². The Labute approximate surface area is 125 Å². The summed E-state index contributed by atoms with van der Waals surface area (Å²) in [7, 11) is 0. The number of benzene rings is 1. The van der Waals surface area contributed by atoms with Gasteiger partial charge in [-0.25, -0.2) is 14.2 Å². The van der Waals surface area contributed by atoms with E-state index in [4.69, 9.17) is 9.84 Å². The third-order valence-corrected chi connectivity index (χ3v) is 2.97. The van der Waals surface area contributed by atoms with Crippen molar-refractivity contribution in [2.24, 2.45) is 0 Å². The molecule has 0 radical (unpaired) electrons. The van der Waals surface area contributed by atoms with E-state index in [-0.39, 0.29) is 21.8 Å². The van der Waals surface area contributed by atoms with E-state index in [1.165, 1.54) is 12.1 Å². The molecule has 0 bridgehead atoms. The molecule has 21 heavy (non-hydrogen) atoms. The Hall–Kier alpha value is -2.55. The minimum absolute atomic E-state index is 0.117. The maximum Gasteiger partial charge on any atom is 0.342 e. The molecule has 1 N–H and O–H groups in total. The van der Waals surface area contributed by atoms with Crippen molar-refractivity contribution in [3.8, 4) is 11.6 Å². The first-order chi connectivity index (χ1) is 9.90. The Morgan fingerprint density at radius 2 is 2.19 bits per heavy atom. The molecule has 1 aromatic heterocycles. The molecule has 0 amide bonds. The smallest absolute Gasteiger partial charge is 0.342 e. The SMILES string of the molecule is O=C(O)c1c(F)cccc1Oc1ncc([N+](=O)[O-])cc1Br. The number of aromatic carboxylic acids is 1. The number of hydrogen-bond acceptors (Lipinski definition) is 5. The van der Waals surface area contributed by atoms with Gasteiger partial charge in [0.2, 0.25) is 5.88 Å². The number of carboxylic acid groups (broad SMARTS) is 1. The second kappa shape index (κ2) is 5.83. The summed E-state index contributed by atoms with van der Waals surface area (Å²) in [5.74, 6) is -2.84. The summed E-state index contributed by atoms with van der Waals surface area (Å²) in [4.78, 5) is 24.7. The minimum Gasteiger partial charge on any atom is -0.477 e. The van der Waals surface area contributed by atoms with Gasteiger partial charge in [-0.3, -0.25) is 10.1 Å². The summed E-state index contributed by atoms with van der Waals surface area (Å²) in [6.45, 7) is 0. The van der Waals surface area contributed by atoms with Crippen molar-refractivity contribution in [1.82, 2.24) is 4.98 Å². The van der Waals surface area contributed by atoms with Crippen LogP contribution in [0, 0.1) is 15.9 Å². The molecule has 108 valence electrons. The van der Waals surface area contributed by atoms with Crippen LogP contribution in [-0.2, 0) is 0 Å². The zero-order valence-electron chi connectivity index (χ0n) is 10.1. The second-order valence-corrected chi connectivity index (χ2v) is 4.61. The number of nitro groups is 1. The van der Waals surface area contributed by atoms with E-state index in [1.54, 1.807) is 0 Å². The van der Waals surface area contributed by atoms with Gasteiger partial charge in [-0.15, -0.1) is 0 Å². The molecule has 2 rings (SSSR count). The number of rotatable bonds is 4. The van der Waals surface area contributed by atoms with Gasteiger partial charge >= 0.3 is 5.97 Å². The van der Waals surface area contributed by atoms with Crippen LogP contribution >= 0.6 is 15.9 Å². The van der Waals surface area contributed by atoms with Crippen LogP contribution in [0.25, 0.3) is 0 Å². The van der Waals surface area contributed by atoms with E-state index in [1.807, 2.05) is 0 Å².